The van der Waals surface area contributed by atoms with E-state index in [9.17, 15) is 15.0 Å². The summed E-state index contributed by atoms with van der Waals surface area (Å²) in [4.78, 5) is 17.4. The average molecular weight is 384 g/mol. The first kappa shape index (κ1) is 19.1. The number of aliphatic hydroxyl groups excluding tert-OH is 2. The second-order valence-corrected chi connectivity index (χ2v) is 8.03. The molecule has 1 aromatic carbocycles. The zero-order chi connectivity index (χ0) is 19.7. The Kier molecular flexibility index (Phi) is 5.48. The van der Waals surface area contributed by atoms with E-state index in [0.29, 0.717) is 26.2 Å². The van der Waals surface area contributed by atoms with Crippen molar-refractivity contribution in [2.24, 2.45) is 23.7 Å². The number of carbonyl (C=O) groups is 1. The highest BCUT2D eigenvalue weighted by atomic mass is 16.3. The van der Waals surface area contributed by atoms with E-state index < -0.39 is 12.2 Å². The molecule has 28 heavy (non-hydrogen) atoms. The number of aliphatic hydroxyl groups is 2. The van der Waals surface area contributed by atoms with Crippen LogP contribution in [0, 0.1) is 23.7 Å². The SMILES string of the molecule is C[C@H]1[C@H](O)[C@@H](O)[C@H]2CNC[C@@H]2[C@H]1C(=O)NCc1nccn1Cc1ccccc1. The van der Waals surface area contributed by atoms with Gasteiger partial charge in [0.15, 0.2) is 0 Å². The number of benzene rings is 1. The van der Waals surface area contributed by atoms with Gasteiger partial charge >= 0.3 is 0 Å². The van der Waals surface area contributed by atoms with Crippen molar-refractivity contribution in [1.29, 1.82) is 0 Å². The topological polar surface area (TPSA) is 99.4 Å². The van der Waals surface area contributed by atoms with Crippen LogP contribution in [-0.4, -0.2) is 51.0 Å². The summed E-state index contributed by atoms with van der Waals surface area (Å²) in [5, 5.41) is 27.0. The zero-order valence-electron chi connectivity index (χ0n) is 16.0. The molecule has 2 aliphatic rings. The summed E-state index contributed by atoms with van der Waals surface area (Å²) in [6.07, 6.45) is 2.00. The van der Waals surface area contributed by atoms with Crippen molar-refractivity contribution in [3.63, 3.8) is 0 Å². The van der Waals surface area contributed by atoms with Crippen LogP contribution < -0.4 is 10.6 Å². The molecule has 1 aliphatic carbocycles. The smallest absolute Gasteiger partial charge is 0.224 e. The Balaban J connectivity index is 1.43. The molecular weight excluding hydrogens is 356 g/mol. The Labute approximate surface area is 164 Å². The van der Waals surface area contributed by atoms with E-state index in [4.69, 9.17) is 0 Å². The second-order valence-electron chi connectivity index (χ2n) is 8.03. The first-order chi connectivity index (χ1) is 13.6. The molecule has 1 aromatic heterocycles. The molecule has 0 bridgehead atoms. The fourth-order valence-electron chi connectivity index (χ4n) is 4.80. The van der Waals surface area contributed by atoms with Crippen molar-refractivity contribution in [3.8, 4) is 0 Å². The number of amides is 1. The van der Waals surface area contributed by atoms with Crippen molar-refractivity contribution in [2.75, 3.05) is 13.1 Å². The van der Waals surface area contributed by atoms with E-state index in [2.05, 4.69) is 27.8 Å². The lowest BCUT2D eigenvalue weighted by Crippen LogP contribution is -2.55. The Morgan fingerprint density at radius 1 is 1.21 bits per heavy atom. The number of carbonyl (C=O) groups excluding carboxylic acids is 1. The molecule has 7 nitrogen and oxygen atoms in total. The quantitative estimate of drug-likeness (QED) is 0.597. The van der Waals surface area contributed by atoms with Gasteiger partial charge in [-0.25, -0.2) is 4.98 Å². The molecule has 4 N–H and O–H groups in total. The lowest BCUT2D eigenvalue weighted by atomic mass is 9.65. The number of fused-ring (bicyclic) bond motifs is 1. The predicted molar refractivity (Wildman–Crippen MR) is 104 cm³/mol. The monoisotopic (exact) mass is 384 g/mol. The number of nitrogens with zero attached hydrogens (tertiary/aromatic N) is 2. The van der Waals surface area contributed by atoms with Crippen LogP contribution in [0.2, 0.25) is 0 Å². The van der Waals surface area contributed by atoms with Crippen LogP contribution >= 0.6 is 0 Å². The summed E-state index contributed by atoms with van der Waals surface area (Å²) in [5.74, 6) is 0.0596. The van der Waals surface area contributed by atoms with Crippen molar-refractivity contribution in [3.05, 3.63) is 54.1 Å². The molecule has 1 saturated carbocycles. The molecule has 150 valence electrons. The molecule has 7 heteroatoms. The summed E-state index contributed by atoms with van der Waals surface area (Å²) in [6.45, 7) is 4.22. The van der Waals surface area contributed by atoms with Crippen LogP contribution in [0.4, 0.5) is 0 Å². The average Bonchev–Trinajstić information content (AvgIpc) is 3.35. The second kappa shape index (κ2) is 8.03. The minimum absolute atomic E-state index is 0.0393. The molecule has 2 heterocycles. The van der Waals surface area contributed by atoms with Gasteiger partial charge in [-0.1, -0.05) is 37.3 Å². The maximum atomic E-state index is 13.0. The maximum Gasteiger partial charge on any atom is 0.224 e. The molecular formula is C21H28N4O3. The predicted octanol–water partition coefficient (Wildman–Crippen LogP) is 0.371. The van der Waals surface area contributed by atoms with E-state index in [1.165, 1.54) is 5.56 Å². The lowest BCUT2D eigenvalue weighted by molar-refractivity contribution is -0.146. The van der Waals surface area contributed by atoms with Gasteiger partial charge in [0.2, 0.25) is 5.91 Å². The highest BCUT2D eigenvalue weighted by molar-refractivity contribution is 5.79. The fraction of sp³-hybridized carbons (Fsp3) is 0.524. The highest BCUT2D eigenvalue weighted by Crippen LogP contribution is 2.41. The van der Waals surface area contributed by atoms with Crippen LogP contribution in [0.25, 0.3) is 0 Å². The van der Waals surface area contributed by atoms with Crippen molar-refractivity contribution in [2.45, 2.75) is 32.2 Å². The van der Waals surface area contributed by atoms with Crippen molar-refractivity contribution < 1.29 is 15.0 Å². The number of hydrogen-bond acceptors (Lipinski definition) is 5. The standard InChI is InChI=1S/C21H28N4O3/c1-13-18(15-9-22-10-16(15)20(27)19(13)26)21(28)24-11-17-23-7-8-25(17)12-14-5-3-2-4-6-14/h2-8,13,15-16,18-20,22,26-27H,9-12H2,1H3,(H,24,28)/t13-,15+,16+,18+,19+,20+/m1/s1. The van der Waals surface area contributed by atoms with Gasteiger partial charge < -0.3 is 25.4 Å². The molecule has 4 rings (SSSR count). The summed E-state index contributed by atoms with van der Waals surface area (Å²) in [7, 11) is 0. The molecule has 6 atom stereocenters. The summed E-state index contributed by atoms with van der Waals surface area (Å²) in [5.41, 5.74) is 1.17. The number of rotatable bonds is 5. The Bertz CT molecular complexity index is 809. The molecule has 1 saturated heterocycles. The van der Waals surface area contributed by atoms with Crippen LogP contribution in [0.5, 0.6) is 0 Å². The van der Waals surface area contributed by atoms with Gasteiger partial charge in [0.25, 0.3) is 0 Å². The van der Waals surface area contributed by atoms with Gasteiger partial charge in [0.1, 0.15) is 5.82 Å². The van der Waals surface area contributed by atoms with Crippen molar-refractivity contribution in [1.82, 2.24) is 20.2 Å². The van der Waals surface area contributed by atoms with E-state index in [-0.39, 0.29) is 29.6 Å². The molecule has 1 aliphatic heterocycles. The Morgan fingerprint density at radius 2 is 1.96 bits per heavy atom. The summed E-state index contributed by atoms with van der Waals surface area (Å²) >= 11 is 0. The number of aromatic nitrogens is 2. The van der Waals surface area contributed by atoms with Crippen LogP contribution in [-0.2, 0) is 17.9 Å². The van der Waals surface area contributed by atoms with Crippen LogP contribution in [0.1, 0.15) is 18.3 Å². The first-order valence-corrected chi connectivity index (χ1v) is 9.94. The number of nitrogens with one attached hydrogen (secondary N) is 2. The fourth-order valence-corrected chi connectivity index (χ4v) is 4.80. The molecule has 0 radical (unpaired) electrons. The van der Waals surface area contributed by atoms with E-state index in [0.717, 1.165) is 5.82 Å². The van der Waals surface area contributed by atoms with E-state index >= 15 is 0 Å². The van der Waals surface area contributed by atoms with Gasteiger partial charge in [-0.3, -0.25) is 4.79 Å². The van der Waals surface area contributed by atoms with Gasteiger partial charge in [-0.2, -0.15) is 0 Å². The Hall–Kier alpha value is -2.22. The third-order valence-corrected chi connectivity index (χ3v) is 6.39. The lowest BCUT2D eigenvalue weighted by Gasteiger charge is -2.43. The number of hydrogen-bond donors (Lipinski definition) is 4. The number of imidazole rings is 1. The maximum absolute atomic E-state index is 13.0. The van der Waals surface area contributed by atoms with Crippen molar-refractivity contribution >= 4 is 5.91 Å². The molecule has 0 spiro atoms. The molecule has 0 unspecified atom stereocenters. The van der Waals surface area contributed by atoms with E-state index in [1.54, 1.807) is 6.20 Å². The highest BCUT2D eigenvalue weighted by Gasteiger charge is 2.52. The van der Waals surface area contributed by atoms with Crippen LogP contribution in [0.15, 0.2) is 42.7 Å². The molecule has 2 aromatic rings. The third kappa shape index (κ3) is 3.57. The Morgan fingerprint density at radius 3 is 2.75 bits per heavy atom. The van der Waals surface area contributed by atoms with Gasteiger partial charge in [-0.15, -0.1) is 0 Å². The largest absolute Gasteiger partial charge is 0.390 e. The van der Waals surface area contributed by atoms with E-state index in [1.807, 2.05) is 35.9 Å². The third-order valence-electron chi connectivity index (χ3n) is 6.39. The van der Waals surface area contributed by atoms with Gasteiger partial charge in [0.05, 0.1) is 18.8 Å². The molecule has 1 amide bonds. The van der Waals surface area contributed by atoms with Gasteiger partial charge in [0, 0.05) is 37.3 Å². The normalized spacial score (nSPS) is 32.1. The zero-order valence-corrected chi connectivity index (χ0v) is 16.0. The van der Waals surface area contributed by atoms with Crippen LogP contribution in [0.3, 0.4) is 0 Å². The first-order valence-electron chi connectivity index (χ1n) is 9.94. The molecule has 2 fully saturated rings. The van der Waals surface area contributed by atoms with Gasteiger partial charge in [-0.05, 0) is 23.9 Å². The minimum atomic E-state index is -0.878. The minimum Gasteiger partial charge on any atom is -0.390 e. The summed E-state index contributed by atoms with van der Waals surface area (Å²) < 4.78 is 2.03. The summed E-state index contributed by atoms with van der Waals surface area (Å²) in [6, 6.07) is 10.1.